The van der Waals surface area contributed by atoms with Gasteiger partial charge in [0.05, 0.1) is 0 Å². The normalized spacial score (nSPS) is 12.5. The Hall–Kier alpha value is -1.80. The van der Waals surface area contributed by atoms with E-state index in [-0.39, 0.29) is 6.04 Å². The predicted molar refractivity (Wildman–Crippen MR) is 89.3 cm³/mol. The fourth-order valence-electron chi connectivity index (χ4n) is 2.57. The summed E-state index contributed by atoms with van der Waals surface area (Å²) in [5, 5.41) is 3.26. The summed E-state index contributed by atoms with van der Waals surface area (Å²) in [4.78, 5) is 0. The highest BCUT2D eigenvalue weighted by Crippen LogP contribution is 2.31. The summed E-state index contributed by atoms with van der Waals surface area (Å²) in [5.41, 5.74) is 3.83. The van der Waals surface area contributed by atoms with Crippen LogP contribution in [0.1, 0.15) is 49.4 Å². The van der Waals surface area contributed by atoms with Gasteiger partial charge in [-0.2, -0.15) is 0 Å². The fraction of sp³-hybridized carbons (Fsp3) is 0.368. The minimum absolute atomic E-state index is 0.261. The lowest BCUT2D eigenvalue weighted by Crippen LogP contribution is -2.13. The maximum Gasteiger partial charge on any atom is 0.132 e. The topological polar surface area (TPSA) is 21.3 Å². The van der Waals surface area contributed by atoms with Crippen LogP contribution in [0.25, 0.3) is 0 Å². The van der Waals surface area contributed by atoms with E-state index in [1.54, 1.807) is 0 Å². The molecule has 0 aliphatic heterocycles. The van der Waals surface area contributed by atoms with Gasteiger partial charge in [0.1, 0.15) is 11.5 Å². The van der Waals surface area contributed by atoms with Crippen LogP contribution in [-0.4, -0.2) is 7.05 Å². The zero-order valence-corrected chi connectivity index (χ0v) is 13.6. The van der Waals surface area contributed by atoms with E-state index in [1.807, 2.05) is 25.2 Å². The molecule has 1 unspecified atom stereocenters. The van der Waals surface area contributed by atoms with Crippen molar-refractivity contribution in [3.63, 3.8) is 0 Å². The van der Waals surface area contributed by atoms with Gasteiger partial charge in [-0.25, -0.2) is 0 Å². The molecule has 0 spiro atoms. The second-order valence-electron chi connectivity index (χ2n) is 5.82. The first-order chi connectivity index (χ1) is 10.0. The Morgan fingerprint density at radius 1 is 0.952 bits per heavy atom. The van der Waals surface area contributed by atoms with E-state index in [2.05, 4.69) is 57.3 Å². The monoisotopic (exact) mass is 283 g/mol. The number of nitrogens with one attached hydrogen (secondary N) is 1. The van der Waals surface area contributed by atoms with Crippen LogP contribution in [-0.2, 0) is 0 Å². The van der Waals surface area contributed by atoms with Gasteiger partial charge in [-0.3, -0.25) is 0 Å². The van der Waals surface area contributed by atoms with Crippen molar-refractivity contribution >= 4 is 0 Å². The lowest BCUT2D eigenvalue weighted by molar-refractivity contribution is 0.465. The molecule has 0 aromatic heterocycles. The van der Waals surface area contributed by atoms with Gasteiger partial charge >= 0.3 is 0 Å². The molecule has 0 saturated carbocycles. The van der Waals surface area contributed by atoms with Crippen LogP contribution in [0, 0.1) is 6.92 Å². The Bertz CT molecular complexity index is 604. The smallest absolute Gasteiger partial charge is 0.132 e. The van der Waals surface area contributed by atoms with Gasteiger partial charge in [-0.05, 0) is 56.1 Å². The molecule has 0 aliphatic rings. The van der Waals surface area contributed by atoms with Crippen molar-refractivity contribution in [2.45, 2.75) is 39.7 Å². The zero-order valence-electron chi connectivity index (χ0n) is 13.6. The molecule has 0 saturated heterocycles. The number of benzene rings is 2. The van der Waals surface area contributed by atoms with Crippen molar-refractivity contribution < 1.29 is 4.74 Å². The average Bonchev–Trinajstić information content (AvgIpc) is 2.46. The molecule has 2 aromatic carbocycles. The molecule has 112 valence electrons. The molecule has 0 amide bonds. The maximum absolute atomic E-state index is 6.11. The summed E-state index contributed by atoms with van der Waals surface area (Å²) in [6, 6.07) is 14.8. The van der Waals surface area contributed by atoms with E-state index in [0.29, 0.717) is 5.92 Å². The van der Waals surface area contributed by atoms with Crippen LogP contribution in [0.5, 0.6) is 11.5 Å². The van der Waals surface area contributed by atoms with Crippen LogP contribution < -0.4 is 10.1 Å². The second kappa shape index (κ2) is 6.77. The van der Waals surface area contributed by atoms with Crippen molar-refractivity contribution in [3.8, 4) is 11.5 Å². The van der Waals surface area contributed by atoms with E-state index in [1.165, 1.54) is 16.7 Å². The highest BCUT2D eigenvalue weighted by Gasteiger charge is 2.11. The number of ether oxygens (including phenoxy) is 1. The standard InChI is InChI=1S/C19H25NO/c1-13(2)17-11-10-16(12-14(17)3)21-19-9-7-6-8-18(19)15(4)20-5/h6-13,15,20H,1-5H3. The molecule has 1 N–H and O–H groups in total. The highest BCUT2D eigenvalue weighted by atomic mass is 16.5. The molecule has 2 rings (SSSR count). The lowest BCUT2D eigenvalue weighted by atomic mass is 9.98. The van der Waals surface area contributed by atoms with Gasteiger partial charge in [0.15, 0.2) is 0 Å². The van der Waals surface area contributed by atoms with Crippen LogP contribution >= 0.6 is 0 Å². The summed E-state index contributed by atoms with van der Waals surface area (Å²) in [6.45, 7) is 8.71. The molecule has 0 heterocycles. The second-order valence-corrected chi connectivity index (χ2v) is 5.82. The summed E-state index contributed by atoms with van der Waals surface area (Å²) in [6.07, 6.45) is 0. The number of hydrogen-bond donors (Lipinski definition) is 1. The Morgan fingerprint density at radius 2 is 1.67 bits per heavy atom. The molecule has 0 radical (unpaired) electrons. The average molecular weight is 283 g/mol. The third-order valence-corrected chi connectivity index (χ3v) is 3.91. The van der Waals surface area contributed by atoms with Crippen LogP contribution in [0.3, 0.4) is 0 Å². The van der Waals surface area contributed by atoms with Gasteiger partial charge < -0.3 is 10.1 Å². The van der Waals surface area contributed by atoms with Gasteiger partial charge in [0, 0.05) is 11.6 Å². The first kappa shape index (κ1) is 15.6. The molecule has 0 aliphatic carbocycles. The molecular formula is C19H25NO. The van der Waals surface area contributed by atoms with Crippen molar-refractivity contribution in [3.05, 3.63) is 59.2 Å². The minimum Gasteiger partial charge on any atom is -0.457 e. The van der Waals surface area contributed by atoms with Gasteiger partial charge in [0.25, 0.3) is 0 Å². The van der Waals surface area contributed by atoms with Crippen molar-refractivity contribution in [2.75, 3.05) is 7.05 Å². The molecule has 2 heteroatoms. The summed E-state index contributed by atoms with van der Waals surface area (Å²) in [5.74, 6) is 2.35. The van der Waals surface area contributed by atoms with Gasteiger partial charge in [0.2, 0.25) is 0 Å². The predicted octanol–water partition coefficient (Wildman–Crippen LogP) is 5.19. The van der Waals surface area contributed by atoms with E-state index >= 15 is 0 Å². The molecule has 0 bridgehead atoms. The minimum atomic E-state index is 0.261. The summed E-state index contributed by atoms with van der Waals surface area (Å²) >= 11 is 0. The van der Waals surface area contributed by atoms with Crippen molar-refractivity contribution in [1.29, 1.82) is 0 Å². The molecule has 2 nitrogen and oxygen atoms in total. The van der Waals surface area contributed by atoms with Gasteiger partial charge in [-0.15, -0.1) is 0 Å². The Morgan fingerprint density at radius 3 is 2.29 bits per heavy atom. The molecule has 21 heavy (non-hydrogen) atoms. The van der Waals surface area contributed by atoms with E-state index in [9.17, 15) is 0 Å². The molecule has 0 fully saturated rings. The largest absolute Gasteiger partial charge is 0.457 e. The number of rotatable bonds is 5. The molecule has 2 aromatic rings. The van der Waals surface area contributed by atoms with E-state index in [0.717, 1.165) is 11.5 Å². The van der Waals surface area contributed by atoms with Crippen molar-refractivity contribution in [1.82, 2.24) is 5.32 Å². The fourth-order valence-corrected chi connectivity index (χ4v) is 2.57. The number of hydrogen-bond acceptors (Lipinski definition) is 2. The quantitative estimate of drug-likeness (QED) is 0.815. The van der Waals surface area contributed by atoms with Crippen molar-refractivity contribution in [2.24, 2.45) is 0 Å². The Balaban J connectivity index is 2.29. The zero-order chi connectivity index (χ0) is 15.4. The third-order valence-electron chi connectivity index (χ3n) is 3.91. The summed E-state index contributed by atoms with van der Waals surface area (Å²) < 4.78 is 6.11. The Labute approximate surface area is 128 Å². The van der Waals surface area contributed by atoms with Crippen LogP contribution in [0.15, 0.2) is 42.5 Å². The highest BCUT2D eigenvalue weighted by molar-refractivity contribution is 5.42. The SMILES string of the molecule is CNC(C)c1ccccc1Oc1ccc(C(C)C)c(C)c1. The molecular weight excluding hydrogens is 258 g/mol. The number of aryl methyl sites for hydroxylation is 1. The number of para-hydroxylation sites is 1. The van der Waals surface area contributed by atoms with E-state index < -0.39 is 0 Å². The summed E-state index contributed by atoms with van der Waals surface area (Å²) in [7, 11) is 1.96. The first-order valence-corrected chi connectivity index (χ1v) is 7.57. The maximum atomic E-state index is 6.11. The third kappa shape index (κ3) is 3.64. The Kier molecular flexibility index (Phi) is 5.03. The molecule has 1 atom stereocenters. The van der Waals surface area contributed by atoms with Gasteiger partial charge in [-0.1, -0.05) is 38.1 Å². The first-order valence-electron chi connectivity index (χ1n) is 7.57. The lowest BCUT2D eigenvalue weighted by Gasteiger charge is -2.17. The van der Waals surface area contributed by atoms with Crippen LogP contribution in [0.4, 0.5) is 0 Å². The van der Waals surface area contributed by atoms with Crippen LogP contribution in [0.2, 0.25) is 0 Å². The van der Waals surface area contributed by atoms with E-state index in [4.69, 9.17) is 4.74 Å².